The third-order valence-corrected chi connectivity index (χ3v) is 5.54. The SMILES string of the molecule is CC(C)(C)n1nc(C2CC2)cc1C(=O)N1CCN(c2ccc(C(F)(F)F)cn2)CC1. The van der Waals surface area contributed by atoms with Gasteiger partial charge in [-0.2, -0.15) is 18.3 Å². The predicted octanol–water partition coefficient (Wildman–Crippen LogP) is 3.89. The van der Waals surface area contributed by atoms with E-state index in [2.05, 4.69) is 4.98 Å². The van der Waals surface area contributed by atoms with E-state index < -0.39 is 11.7 Å². The second-order valence-electron chi connectivity index (χ2n) is 8.99. The molecular formula is C21H26F3N5O. The van der Waals surface area contributed by atoms with Crippen LogP contribution in [0.1, 0.15) is 61.3 Å². The Kier molecular flexibility index (Phi) is 5.02. The van der Waals surface area contributed by atoms with Crippen molar-refractivity contribution in [1.29, 1.82) is 0 Å². The number of nitrogens with zero attached hydrogens (tertiary/aromatic N) is 5. The molecule has 1 saturated carbocycles. The Labute approximate surface area is 173 Å². The van der Waals surface area contributed by atoms with Gasteiger partial charge in [0.1, 0.15) is 11.5 Å². The first kappa shape index (κ1) is 20.7. The van der Waals surface area contributed by atoms with Crippen LogP contribution in [-0.4, -0.2) is 51.8 Å². The summed E-state index contributed by atoms with van der Waals surface area (Å²) in [5.74, 6) is 0.901. The number of amides is 1. The van der Waals surface area contributed by atoms with Crippen LogP contribution in [0.5, 0.6) is 0 Å². The van der Waals surface area contributed by atoms with Gasteiger partial charge in [-0.3, -0.25) is 9.48 Å². The topological polar surface area (TPSA) is 54.3 Å². The van der Waals surface area contributed by atoms with Crippen molar-refractivity contribution >= 4 is 11.7 Å². The Bertz CT molecular complexity index is 918. The van der Waals surface area contributed by atoms with Gasteiger partial charge in [0.05, 0.1) is 16.8 Å². The summed E-state index contributed by atoms with van der Waals surface area (Å²) in [5.41, 5.74) is 0.526. The number of hydrogen-bond donors (Lipinski definition) is 0. The van der Waals surface area contributed by atoms with Gasteiger partial charge in [-0.05, 0) is 51.8 Å². The zero-order valence-electron chi connectivity index (χ0n) is 17.4. The number of anilines is 1. The van der Waals surface area contributed by atoms with Gasteiger partial charge in [-0.1, -0.05) is 0 Å². The molecule has 6 nitrogen and oxygen atoms in total. The molecule has 1 aliphatic heterocycles. The van der Waals surface area contributed by atoms with Crippen LogP contribution in [0.3, 0.4) is 0 Å². The Hall–Kier alpha value is -2.58. The first-order chi connectivity index (χ1) is 14.0. The number of pyridine rings is 1. The summed E-state index contributed by atoms with van der Waals surface area (Å²) in [6.07, 6.45) is -1.30. The van der Waals surface area contributed by atoms with E-state index in [9.17, 15) is 18.0 Å². The second kappa shape index (κ2) is 7.28. The number of carbonyl (C=O) groups excluding carboxylic acids is 1. The molecule has 1 saturated heterocycles. The van der Waals surface area contributed by atoms with Crippen molar-refractivity contribution in [2.75, 3.05) is 31.1 Å². The molecule has 162 valence electrons. The van der Waals surface area contributed by atoms with Crippen molar-refractivity contribution in [3.63, 3.8) is 0 Å². The molecule has 0 bridgehead atoms. The van der Waals surface area contributed by atoms with Crippen LogP contribution in [0.4, 0.5) is 19.0 Å². The summed E-state index contributed by atoms with van der Waals surface area (Å²) in [7, 11) is 0. The highest BCUT2D eigenvalue weighted by Crippen LogP contribution is 2.40. The molecule has 3 heterocycles. The van der Waals surface area contributed by atoms with E-state index in [1.807, 2.05) is 36.4 Å². The van der Waals surface area contributed by atoms with Gasteiger partial charge >= 0.3 is 6.18 Å². The van der Waals surface area contributed by atoms with Crippen LogP contribution in [0.2, 0.25) is 0 Å². The van der Waals surface area contributed by atoms with Gasteiger partial charge < -0.3 is 9.80 Å². The number of carbonyl (C=O) groups is 1. The van der Waals surface area contributed by atoms with E-state index in [-0.39, 0.29) is 11.4 Å². The van der Waals surface area contributed by atoms with E-state index in [1.165, 1.54) is 6.07 Å². The fourth-order valence-electron chi connectivity index (χ4n) is 3.68. The van der Waals surface area contributed by atoms with Gasteiger partial charge in [-0.25, -0.2) is 4.98 Å². The molecule has 0 radical (unpaired) electrons. The third kappa shape index (κ3) is 4.15. The van der Waals surface area contributed by atoms with E-state index >= 15 is 0 Å². The number of alkyl halides is 3. The minimum absolute atomic E-state index is 0.0515. The molecule has 0 spiro atoms. The summed E-state index contributed by atoms with van der Waals surface area (Å²) in [6, 6.07) is 4.35. The van der Waals surface area contributed by atoms with Gasteiger partial charge in [0.2, 0.25) is 0 Å². The lowest BCUT2D eigenvalue weighted by Crippen LogP contribution is -2.49. The number of hydrogen-bond acceptors (Lipinski definition) is 4. The predicted molar refractivity (Wildman–Crippen MR) is 107 cm³/mol. The smallest absolute Gasteiger partial charge is 0.353 e. The standard InChI is InChI=1S/C21H26F3N5O/c1-20(2,3)29-17(12-16(26-29)14-4-5-14)19(30)28-10-8-27(9-11-28)18-7-6-15(13-25-18)21(22,23)24/h6-7,12-14H,4-5,8-11H2,1-3H3. The third-order valence-electron chi connectivity index (χ3n) is 5.54. The largest absolute Gasteiger partial charge is 0.417 e. The highest BCUT2D eigenvalue weighted by molar-refractivity contribution is 5.93. The van der Waals surface area contributed by atoms with Crippen LogP contribution in [0.25, 0.3) is 0 Å². The van der Waals surface area contributed by atoms with Crippen LogP contribution in [0.15, 0.2) is 24.4 Å². The summed E-state index contributed by atoms with van der Waals surface area (Å²) >= 11 is 0. The Morgan fingerprint density at radius 2 is 1.73 bits per heavy atom. The van der Waals surface area contributed by atoms with Crippen molar-refractivity contribution in [3.05, 3.63) is 41.3 Å². The number of aromatic nitrogens is 3. The molecule has 1 aliphatic carbocycles. The zero-order valence-corrected chi connectivity index (χ0v) is 17.4. The number of halogens is 3. The summed E-state index contributed by atoms with van der Waals surface area (Å²) in [6.45, 7) is 8.09. The van der Waals surface area contributed by atoms with Crippen LogP contribution < -0.4 is 4.90 Å². The lowest BCUT2D eigenvalue weighted by molar-refractivity contribution is -0.137. The Balaban J connectivity index is 1.45. The van der Waals surface area contributed by atoms with E-state index in [4.69, 9.17) is 5.10 Å². The molecule has 0 aromatic carbocycles. The molecule has 2 fully saturated rings. The second-order valence-corrected chi connectivity index (χ2v) is 8.99. The van der Waals surface area contributed by atoms with Crippen molar-refractivity contribution in [3.8, 4) is 0 Å². The van der Waals surface area contributed by atoms with E-state index in [0.717, 1.165) is 30.8 Å². The highest BCUT2D eigenvalue weighted by Gasteiger charge is 2.34. The van der Waals surface area contributed by atoms with Crippen molar-refractivity contribution in [2.24, 2.45) is 0 Å². The average Bonchev–Trinajstić information content (AvgIpc) is 3.44. The lowest BCUT2D eigenvalue weighted by Gasteiger charge is -2.36. The first-order valence-corrected chi connectivity index (χ1v) is 10.2. The molecule has 2 aromatic rings. The summed E-state index contributed by atoms with van der Waals surface area (Å²) in [5, 5.41) is 4.71. The molecule has 2 aromatic heterocycles. The fourth-order valence-corrected chi connectivity index (χ4v) is 3.68. The Morgan fingerprint density at radius 1 is 1.07 bits per heavy atom. The maximum atomic E-state index is 13.2. The minimum atomic E-state index is -4.40. The van der Waals surface area contributed by atoms with Gasteiger partial charge in [-0.15, -0.1) is 0 Å². The normalized spacial score (nSPS) is 18.1. The molecular weight excluding hydrogens is 395 g/mol. The Morgan fingerprint density at radius 3 is 2.23 bits per heavy atom. The van der Waals surface area contributed by atoms with Crippen LogP contribution >= 0.6 is 0 Å². The molecule has 2 aliphatic rings. The van der Waals surface area contributed by atoms with Gasteiger partial charge in [0, 0.05) is 38.3 Å². The molecule has 30 heavy (non-hydrogen) atoms. The van der Waals surface area contributed by atoms with E-state index in [1.54, 1.807) is 4.90 Å². The van der Waals surface area contributed by atoms with Gasteiger partial charge in [0.15, 0.2) is 0 Å². The molecule has 0 unspecified atom stereocenters. The fraction of sp³-hybridized carbons (Fsp3) is 0.571. The maximum absolute atomic E-state index is 13.2. The molecule has 0 N–H and O–H groups in total. The van der Waals surface area contributed by atoms with Gasteiger partial charge in [0.25, 0.3) is 5.91 Å². The van der Waals surface area contributed by atoms with Crippen molar-refractivity contribution in [1.82, 2.24) is 19.7 Å². The average molecular weight is 421 g/mol. The molecule has 1 amide bonds. The molecule has 4 rings (SSSR count). The lowest BCUT2D eigenvalue weighted by atomic mass is 10.1. The summed E-state index contributed by atoms with van der Waals surface area (Å²) < 4.78 is 40.0. The maximum Gasteiger partial charge on any atom is 0.417 e. The number of rotatable bonds is 3. The first-order valence-electron chi connectivity index (χ1n) is 10.2. The van der Waals surface area contributed by atoms with E-state index in [0.29, 0.717) is 43.6 Å². The zero-order chi connectivity index (χ0) is 21.7. The minimum Gasteiger partial charge on any atom is -0.353 e. The molecule has 9 heteroatoms. The molecule has 0 atom stereocenters. The van der Waals surface area contributed by atoms with Crippen molar-refractivity contribution < 1.29 is 18.0 Å². The van der Waals surface area contributed by atoms with Crippen molar-refractivity contribution in [2.45, 2.75) is 51.2 Å². The monoisotopic (exact) mass is 421 g/mol. The van der Waals surface area contributed by atoms with Crippen LogP contribution in [0, 0.1) is 0 Å². The van der Waals surface area contributed by atoms with Crippen LogP contribution in [-0.2, 0) is 11.7 Å². The highest BCUT2D eigenvalue weighted by atomic mass is 19.4. The quantitative estimate of drug-likeness (QED) is 0.755. The number of piperazine rings is 1. The summed E-state index contributed by atoms with van der Waals surface area (Å²) in [4.78, 5) is 20.9.